The molecule has 0 aromatic heterocycles. The lowest BCUT2D eigenvalue weighted by Crippen LogP contribution is -2.52. The molecule has 4 nitrogen and oxygen atoms in total. The normalized spacial score (nSPS) is 41.8. The largest absolute Gasteiger partial charge is 0.390 e. The molecular weight excluding hydrogens is 268 g/mol. The summed E-state index contributed by atoms with van der Waals surface area (Å²) in [4.78, 5) is 24.9. The highest BCUT2D eigenvalue weighted by molar-refractivity contribution is 6.23. The number of aliphatic hydroxyl groups excluding tert-OH is 1. The lowest BCUT2D eigenvalue weighted by molar-refractivity contribution is -0.122. The van der Waals surface area contributed by atoms with Crippen molar-refractivity contribution in [3.63, 3.8) is 0 Å². The second kappa shape index (κ2) is 4.14. The molecule has 114 valence electrons. The van der Waals surface area contributed by atoms with Crippen LogP contribution in [0.2, 0.25) is 0 Å². The molecule has 4 heteroatoms. The predicted octanol–water partition coefficient (Wildman–Crippen LogP) is 1.56. The van der Waals surface area contributed by atoms with E-state index in [2.05, 4.69) is 0 Å². The maximum atomic E-state index is 12.5. The summed E-state index contributed by atoms with van der Waals surface area (Å²) in [7, 11) is 0. The number of fused-ring (bicyclic) bond motifs is 1. The van der Waals surface area contributed by atoms with Gasteiger partial charge in [0.15, 0.2) is 11.6 Å². The van der Waals surface area contributed by atoms with Crippen molar-refractivity contribution < 1.29 is 19.8 Å². The van der Waals surface area contributed by atoms with Gasteiger partial charge < -0.3 is 10.2 Å². The summed E-state index contributed by atoms with van der Waals surface area (Å²) in [6.07, 6.45) is 1.65. The lowest BCUT2D eigenvalue weighted by Gasteiger charge is -2.48. The highest BCUT2D eigenvalue weighted by Gasteiger charge is 2.60. The first-order valence-corrected chi connectivity index (χ1v) is 7.51. The van der Waals surface area contributed by atoms with Crippen LogP contribution in [0, 0.1) is 17.3 Å². The zero-order chi connectivity index (χ0) is 15.7. The summed E-state index contributed by atoms with van der Waals surface area (Å²) in [5.74, 6) is -0.818. The standard InChI is InChI=1S/C17H22O4/c1-8-7-10(18)13-11(14(8)19)15(20)12-9(16(13,2)3)5-6-17(12,4)21/h7,9,12,15,20-21H,5-6H2,1-4H3/t9-,12-,15+,17-/m0/s1. The van der Waals surface area contributed by atoms with Crippen LogP contribution in [0.5, 0.6) is 0 Å². The third-order valence-corrected chi connectivity index (χ3v) is 5.79. The van der Waals surface area contributed by atoms with Crippen molar-refractivity contribution in [1.82, 2.24) is 0 Å². The Morgan fingerprint density at radius 2 is 1.86 bits per heavy atom. The van der Waals surface area contributed by atoms with Crippen molar-refractivity contribution in [1.29, 1.82) is 0 Å². The molecule has 21 heavy (non-hydrogen) atoms. The molecule has 4 atom stereocenters. The van der Waals surface area contributed by atoms with E-state index in [0.717, 1.165) is 6.42 Å². The Morgan fingerprint density at radius 1 is 1.24 bits per heavy atom. The monoisotopic (exact) mass is 290 g/mol. The highest BCUT2D eigenvalue weighted by atomic mass is 16.3. The Morgan fingerprint density at radius 3 is 2.48 bits per heavy atom. The van der Waals surface area contributed by atoms with Gasteiger partial charge >= 0.3 is 0 Å². The van der Waals surface area contributed by atoms with Crippen LogP contribution >= 0.6 is 0 Å². The fourth-order valence-corrected chi connectivity index (χ4v) is 4.70. The Labute approximate surface area is 124 Å². The fourth-order valence-electron chi connectivity index (χ4n) is 4.70. The number of allylic oxidation sites excluding steroid dienone is 3. The molecule has 0 unspecified atom stereocenters. The van der Waals surface area contributed by atoms with Crippen LogP contribution in [0.1, 0.15) is 40.5 Å². The number of hydrogen-bond acceptors (Lipinski definition) is 4. The van der Waals surface area contributed by atoms with Gasteiger partial charge in [-0.3, -0.25) is 9.59 Å². The van der Waals surface area contributed by atoms with Crippen molar-refractivity contribution in [2.45, 2.75) is 52.2 Å². The fraction of sp³-hybridized carbons (Fsp3) is 0.647. The van der Waals surface area contributed by atoms with E-state index in [-0.39, 0.29) is 23.1 Å². The van der Waals surface area contributed by atoms with E-state index < -0.39 is 23.0 Å². The predicted molar refractivity (Wildman–Crippen MR) is 77.4 cm³/mol. The number of hydrogen-bond donors (Lipinski definition) is 2. The molecule has 0 saturated heterocycles. The van der Waals surface area contributed by atoms with E-state index in [1.54, 1.807) is 13.8 Å². The van der Waals surface area contributed by atoms with E-state index in [1.165, 1.54) is 6.08 Å². The summed E-state index contributed by atoms with van der Waals surface area (Å²) in [5.41, 5.74) is -0.482. The van der Waals surface area contributed by atoms with Crippen molar-refractivity contribution in [2.24, 2.45) is 17.3 Å². The van der Waals surface area contributed by atoms with Crippen molar-refractivity contribution in [3.8, 4) is 0 Å². The maximum absolute atomic E-state index is 12.5. The van der Waals surface area contributed by atoms with Crippen LogP contribution in [0.15, 0.2) is 22.8 Å². The summed E-state index contributed by atoms with van der Waals surface area (Å²) < 4.78 is 0. The molecule has 3 aliphatic rings. The molecule has 3 aliphatic carbocycles. The first-order valence-electron chi connectivity index (χ1n) is 7.51. The van der Waals surface area contributed by atoms with Crippen LogP contribution in [-0.4, -0.2) is 33.5 Å². The molecule has 2 N–H and O–H groups in total. The number of carbonyl (C=O) groups excluding carboxylic acids is 2. The Bertz CT molecular complexity index is 606. The smallest absolute Gasteiger partial charge is 0.187 e. The number of rotatable bonds is 0. The van der Waals surface area contributed by atoms with Crippen molar-refractivity contribution in [3.05, 3.63) is 22.8 Å². The summed E-state index contributed by atoms with van der Waals surface area (Å²) in [6.45, 7) is 7.23. The Hall–Kier alpha value is -1.26. The molecule has 0 spiro atoms. The van der Waals surface area contributed by atoms with Crippen LogP contribution in [-0.2, 0) is 9.59 Å². The topological polar surface area (TPSA) is 74.6 Å². The SMILES string of the molecule is CC1=CC(=O)C2=C(C1=O)[C@@H](O)[C@@H]1[C@H](CC[C@]1(C)O)C2(C)C. The molecule has 0 radical (unpaired) electrons. The van der Waals surface area contributed by atoms with Gasteiger partial charge in [0.25, 0.3) is 0 Å². The number of ketones is 2. The molecule has 0 amide bonds. The van der Waals surface area contributed by atoms with Crippen LogP contribution in [0.4, 0.5) is 0 Å². The molecule has 3 rings (SSSR count). The third-order valence-electron chi connectivity index (χ3n) is 5.79. The Kier molecular flexibility index (Phi) is 2.89. The number of aliphatic hydroxyl groups is 2. The van der Waals surface area contributed by atoms with Gasteiger partial charge in [-0.25, -0.2) is 0 Å². The average Bonchev–Trinajstić information content (AvgIpc) is 2.68. The minimum absolute atomic E-state index is 0.00445. The van der Waals surface area contributed by atoms with Gasteiger partial charge in [0.05, 0.1) is 11.7 Å². The second-order valence-electron chi connectivity index (χ2n) is 7.50. The molecule has 0 aliphatic heterocycles. The van der Waals surface area contributed by atoms with Crippen LogP contribution < -0.4 is 0 Å². The molecule has 1 fully saturated rings. The first kappa shape index (κ1) is 14.7. The minimum Gasteiger partial charge on any atom is -0.390 e. The van der Waals surface area contributed by atoms with Crippen LogP contribution in [0.3, 0.4) is 0 Å². The first-order chi connectivity index (χ1) is 9.59. The summed E-state index contributed by atoms with van der Waals surface area (Å²) in [5, 5.41) is 21.3. The van der Waals surface area contributed by atoms with Crippen molar-refractivity contribution in [2.75, 3.05) is 0 Å². The van der Waals surface area contributed by atoms with Crippen LogP contribution in [0.25, 0.3) is 0 Å². The maximum Gasteiger partial charge on any atom is 0.187 e. The van der Waals surface area contributed by atoms with Gasteiger partial charge in [-0.2, -0.15) is 0 Å². The van der Waals surface area contributed by atoms with E-state index in [0.29, 0.717) is 17.6 Å². The zero-order valence-electron chi connectivity index (χ0n) is 12.9. The molecule has 0 aromatic carbocycles. The number of Topliss-reactive ketones (excluding diaryl/α,β-unsaturated/α-hetero) is 1. The molecular formula is C17H22O4. The van der Waals surface area contributed by atoms with Gasteiger partial charge in [0.2, 0.25) is 0 Å². The number of carbonyl (C=O) groups is 2. The molecule has 1 saturated carbocycles. The highest BCUT2D eigenvalue weighted by Crippen LogP contribution is 2.58. The molecule has 0 bridgehead atoms. The third kappa shape index (κ3) is 1.75. The summed E-state index contributed by atoms with van der Waals surface area (Å²) >= 11 is 0. The Balaban J connectivity index is 2.23. The average molecular weight is 290 g/mol. The van der Waals surface area contributed by atoms with E-state index in [9.17, 15) is 19.8 Å². The minimum atomic E-state index is -1.06. The quantitative estimate of drug-likeness (QED) is 0.664. The van der Waals surface area contributed by atoms with E-state index >= 15 is 0 Å². The van der Waals surface area contributed by atoms with Gasteiger partial charge in [-0.05, 0) is 44.1 Å². The van der Waals surface area contributed by atoms with Gasteiger partial charge in [-0.15, -0.1) is 0 Å². The molecule has 0 heterocycles. The summed E-state index contributed by atoms with van der Waals surface area (Å²) in [6, 6.07) is 0. The van der Waals surface area contributed by atoms with E-state index in [1.807, 2.05) is 13.8 Å². The molecule has 0 aromatic rings. The van der Waals surface area contributed by atoms with Crippen molar-refractivity contribution >= 4 is 11.6 Å². The van der Waals surface area contributed by atoms with Gasteiger partial charge in [0.1, 0.15) is 0 Å². The van der Waals surface area contributed by atoms with Gasteiger partial charge in [-0.1, -0.05) is 13.8 Å². The zero-order valence-corrected chi connectivity index (χ0v) is 12.9. The lowest BCUT2D eigenvalue weighted by atomic mass is 9.56. The van der Waals surface area contributed by atoms with E-state index in [4.69, 9.17) is 0 Å². The second-order valence-corrected chi connectivity index (χ2v) is 7.50. The van der Waals surface area contributed by atoms with Gasteiger partial charge in [0, 0.05) is 22.6 Å².